The minimum atomic E-state index is -0.563. The van der Waals surface area contributed by atoms with Crippen LogP contribution < -0.4 is 21.7 Å². The van der Waals surface area contributed by atoms with Crippen molar-refractivity contribution in [2.75, 3.05) is 0 Å². The normalized spacial score (nSPS) is 11.5. The van der Waals surface area contributed by atoms with Gasteiger partial charge in [0.1, 0.15) is 11.5 Å². The number of hydrazine groups is 2. The maximum absolute atomic E-state index is 12.8. The molecule has 46 heavy (non-hydrogen) atoms. The van der Waals surface area contributed by atoms with Crippen molar-refractivity contribution in [2.45, 2.75) is 124 Å². The Labute approximate surface area is 274 Å². The largest absolute Gasteiger partial charge is 0.507 e. The van der Waals surface area contributed by atoms with Crippen molar-refractivity contribution in [1.82, 2.24) is 21.7 Å². The van der Waals surface area contributed by atoms with Crippen LogP contribution in [-0.2, 0) is 22.4 Å². The summed E-state index contributed by atoms with van der Waals surface area (Å²) >= 11 is 0. The van der Waals surface area contributed by atoms with Gasteiger partial charge in [-0.2, -0.15) is 0 Å². The molecule has 0 radical (unpaired) electrons. The highest BCUT2D eigenvalue weighted by molar-refractivity contribution is 5.98. The number of nitrogens with one attached hydrogen (secondary N) is 4. The molecule has 2 rings (SSSR count). The van der Waals surface area contributed by atoms with Crippen LogP contribution in [-0.4, -0.2) is 33.8 Å². The lowest BCUT2D eigenvalue weighted by Gasteiger charge is -2.17. The highest BCUT2D eigenvalue weighted by Crippen LogP contribution is 2.22. The third-order valence-electron chi connectivity index (χ3n) is 8.08. The summed E-state index contributed by atoms with van der Waals surface area (Å²) in [5.74, 6) is -2.22. The third kappa shape index (κ3) is 13.9. The monoisotopic (exact) mass is 638 g/mol. The van der Waals surface area contributed by atoms with Crippen molar-refractivity contribution in [3.05, 3.63) is 58.7 Å². The van der Waals surface area contributed by atoms with E-state index in [9.17, 15) is 29.4 Å². The van der Waals surface area contributed by atoms with Crippen molar-refractivity contribution in [3.8, 4) is 11.5 Å². The smallest absolute Gasteiger partial charge is 0.273 e. The van der Waals surface area contributed by atoms with E-state index in [1.807, 2.05) is 13.0 Å². The lowest BCUT2D eigenvalue weighted by molar-refractivity contribution is -0.126. The summed E-state index contributed by atoms with van der Waals surface area (Å²) in [5.41, 5.74) is 12.0. The Morgan fingerprint density at radius 3 is 1.63 bits per heavy atom. The van der Waals surface area contributed by atoms with Gasteiger partial charge in [-0.3, -0.25) is 40.9 Å². The maximum Gasteiger partial charge on any atom is 0.273 e. The molecule has 0 saturated carbocycles. The van der Waals surface area contributed by atoms with Crippen molar-refractivity contribution >= 4 is 23.6 Å². The van der Waals surface area contributed by atoms with Crippen molar-refractivity contribution in [3.63, 3.8) is 0 Å². The fourth-order valence-corrected chi connectivity index (χ4v) is 5.33. The maximum atomic E-state index is 12.8. The number of aryl methyl sites for hydroxylation is 2. The Bertz CT molecular complexity index is 1270. The first-order chi connectivity index (χ1) is 22.2. The van der Waals surface area contributed by atoms with E-state index in [-0.39, 0.29) is 46.8 Å². The fourth-order valence-electron chi connectivity index (χ4n) is 5.33. The van der Waals surface area contributed by atoms with Crippen LogP contribution >= 0.6 is 0 Å². The summed E-state index contributed by atoms with van der Waals surface area (Å²) in [6, 6.07) is 9.96. The number of benzene rings is 2. The molecule has 10 nitrogen and oxygen atoms in total. The summed E-state index contributed by atoms with van der Waals surface area (Å²) < 4.78 is 0. The average Bonchev–Trinajstić information content (AvgIpc) is 3.05. The topological polar surface area (TPSA) is 157 Å². The first kappa shape index (κ1) is 38.1. The summed E-state index contributed by atoms with van der Waals surface area (Å²) in [4.78, 5) is 50.3. The molecule has 6 N–H and O–H groups in total. The van der Waals surface area contributed by atoms with Crippen LogP contribution in [0.3, 0.4) is 0 Å². The molecule has 0 saturated heterocycles. The van der Waals surface area contributed by atoms with Crippen molar-refractivity contribution in [2.24, 2.45) is 5.92 Å². The summed E-state index contributed by atoms with van der Waals surface area (Å²) in [7, 11) is 0. The minimum absolute atomic E-state index is 0.129. The Balaban J connectivity index is 1.69. The van der Waals surface area contributed by atoms with Gasteiger partial charge < -0.3 is 10.2 Å². The summed E-state index contributed by atoms with van der Waals surface area (Å²) in [6.07, 6.45) is 13.4. The first-order valence-electron chi connectivity index (χ1n) is 17.0. The number of phenols is 2. The molecule has 254 valence electrons. The molecule has 0 aliphatic rings. The zero-order chi connectivity index (χ0) is 33.7. The molecule has 0 spiro atoms. The molecule has 0 bridgehead atoms. The molecule has 0 fully saturated rings. The number of aromatic hydroxyl groups is 2. The lowest BCUT2D eigenvalue weighted by Crippen LogP contribution is -2.44. The van der Waals surface area contributed by atoms with Gasteiger partial charge in [-0.25, -0.2) is 0 Å². The summed E-state index contributed by atoms with van der Waals surface area (Å²) in [6.45, 7) is 6.25. The molecule has 0 aromatic heterocycles. The van der Waals surface area contributed by atoms with Gasteiger partial charge in [0.05, 0.1) is 11.1 Å². The van der Waals surface area contributed by atoms with Gasteiger partial charge >= 0.3 is 0 Å². The van der Waals surface area contributed by atoms with E-state index in [2.05, 4.69) is 35.6 Å². The van der Waals surface area contributed by atoms with Crippen molar-refractivity contribution < 1.29 is 29.4 Å². The Kier molecular flexibility index (Phi) is 17.9. The van der Waals surface area contributed by atoms with Gasteiger partial charge in [0.25, 0.3) is 11.8 Å². The van der Waals surface area contributed by atoms with Crippen LogP contribution in [0, 0.1) is 5.92 Å². The van der Waals surface area contributed by atoms with E-state index >= 15 is 0 Å². The molecule has 0 aliphatic heterocycles. The van der Waals surface area contributed by atoms with Crippen LogP contribution in [0.1, 0.15) is 143 Å². The van der Waals surface area contributed by atoms with Crippen LogP contribution in [0.4, 0.5) is 0 Å². The second-order valence-electron chi connectivity index (χ2n) is 12.0. The van der Waals surface area contributed by atoms with Crippen LogP contribution in [0.5, 0.6) is 11.5 Å². The molecular weight excluding hydrogens is 584 g/mol. The lowest BCUT2D eigenvalue weighted by atomic mass is 9.95. The van der Waals surface area contributed by atoms with Gasteiger partial charge in [0.2, 0.25) is 11.8 Å². The van der Waals surface area contributed by atoms with E-state index in [0.29, 0.717) is 19.3 Å². The predicted octanol–water partition coefficient (Wildman–Crippen LogP) is 6.54. The van der Waals surface area contributed by atoms with Gasteiger partial charge in [-0.1, -0.05) is 84.3 Å². The zero-order valence-electron chi connectivity index (χ0n) is 27.9. The van der Waals surface area contributed by atoms with E-state index in [1.54, 1.807) is 18.2 Å². The van der Waals surface area contributed by atoms with E-state index in [1.165, 1.54) is 12.1 Å². The van der Waals surface area contributed by atoms with E-state index < -0.39 is 11.8 Å². The molecule has 1 unspecified atom stereocenters. The molecular formula is C36H54N4O6. The third-order valence-corrected chi connectivity index (χ3v) is 8.08. The first-order valence-corrected chi connectivity index (χ1v) is 17.0. The van der Waals surface area contributed by atoms with Gasteiger partial charge in [0, 0.05) is 12.3 Å². The van der Waals surface area contributed by atoms with Crippen molar-refractivity contribution in [1.29, 1.82) is 0 Å². The molecule has 0 aliphatic carbocycles. The van der Waals surface area contributed by atoms with Crippen LogP contribution in [0.15, 0.2) is 36.4 Å². The predicted molar refractivity (Wildman–Crippen MR) is 180 cm³/mol. The standard InChI is InChI=1S/C36H54N4O6/c1-4-7-11-16-26-20-22-31(41)29(24-26)35(45)39-37-33(43)19-14-10-9-13-18-28(15-6-3)34(44)38-40-36(46)30-25-27(17-12-8-5-2)21-23-32(30)42/h20-25,28,41-42H,4-19H2,1-3H3,(H,37,43)(H,38,44)(H,39,45)(H,40,46). The second kappa shape index (κ2) is 21.6. The van der Waals surface area contributed by atoms with Crippen LogP contribution in [0.25, 0.3) is 0 Å². The van der Waals surface area contributed by atoms with Gasteiger partial charge in [0.15, 0.2) is 0 Å². The number of carbonyl (C=O) groups is 4. The average molecular weight is 639 g/mol. The number of amides is 4. The SMILES string of the molecule is CCCCCc1ccc(O)c(C(=O)NNC(=O)CCCCCCC(CCC)C(=O)NNC(=O)c2cc(CCCCC)ccc2O)c1. The van der Waals surface area contributed by atoms with Gasteiger partial charge in [-0.05, 0) is 80.3 Å². The number of carbonyl (C=O) groups excluding carboxylic acids is 4. The second-order valence-corrected chi connectivity index (χ2v) is 12.0. The van der Waals surface area contributed by atoms with E-state index in [4.69, 9.17) is 0 Å². The Hall–Kier alpha value is -4.08. The molecule has 1 atom stereocenters. The minimum Gasteiger partial charge on any atom is -0.507 e. The Morgan fingerprint density at radius 1 is 0.587 bits per heavy atom. The highest BCUT2D eigenvalue weighted by atomic mass is 16.3. The number of hydrogen-bond donors (Lipinski definition) is 6. The highest BCUT2D eigenvalue weighted by Gasteiger charge is 2.19. The van der Waals surface area contributed by atoms with Crippen LogP contribution in [0.2, 0.25) is 0 Å². The number of unbranched alkanes of at least 4 members (excludes halogenated alkanes) is 7. The molecule has 0 heterocycles. The summed E-state index contributed by atoms with van der Waals surface area (Å²) in [5, 5.41) is 20.3. The van der Waals surface area contributed by atoms with Gasteiger partial charge in [-0.15, -0.1) is 0 Å². The molecule has 2 aromatic rings. The zero-order valence-corrected chi connectivity index (χ0v) is 27.9. The fraction of sp³-hybridized carbons (Fsp3) is 0.556. The number of hydrogen-bond acceptors (Lipinski definition) is 6. The molecule has 4 amide bonds. The van der Waals surface area contributed by atoms with E-state index in [0.717, 1.165) is 88.2 Å². The number of rotatable bonds is 20. The molecule has 10 heteroatoms. The Morgan fingerprint density at radius 2 is 1.11 bits per heavy atom. The molecule has 2 aromatic carbocycles. The number of phenolic OH excluding ortho intramolecular Hbond substituents is 2. The quantitative estimate of drug-likeness (QED) is 0.0714.